The Bertz CT molecular complexity index is 616. The van der Waals surface area contributed by atoms with Gasteiger partial charge in [-0.15, -0.1) is 0 Å². The van der Waals surface area contributed by atoms with Gasteiger partial charge in [-0.3, -0.25) is 0 Å². The summed E-state index contributed by atoms with van der Waals surface area (Å²) < 4.78 is 11.0. The van der Waals surface area contributed by atoms with Gasteiger partial charge in [0.2, 0.25) is 5.88 Å². The van der Waals surface area contributed by atoms with Crippen LogP contribution < -0.4 is 4.74 Å². The van der Waals surface area contributed by atoms with Gasteiger partial charge in [0.15, 0.2) is 0 Å². The molecule has 0 amide bonds. The normalized spacial score (nSPS) is 10.6. The van der Waals surface area contributed by atoms with Gasteiger partial charge in [-0.2, -0.15) is 0 Å². The zero-order valence-corrected chi connectivity index (χ0v) is 9.17. The van der Waals surface area contributed by atoms with Crippen LogP contribution in [0.25, 0.3) is 11.0 Å². The smallest absolute Gasteiger partial charge is 0.224 e. The summed E-state index contributed by atoms with van der Waals surface area (Å²) in [6, 6.07) is 13.7. The number of hydrogen-bond donors (Lipinski definition) is 0. The molecule has 0 saturated carbocycles. The number of ether oxygens (including phenoxy) is 1. The summed E-state index contributed by atoms with van der Waals surface area (Å²) in [4.78, 5) is 4.21. The second-order valence-electron chi connectivity index (χ2n) is 3.72. The van der Waals surface area contributed by atoms with E-state index in [9.17, 15) is 0 Å². The fourth-order valence-corrected chi connectivity index (χ4v) is 1.71. The summed E-state index contributed by atoms with van der Waals surface area (Å²) >= 11 is 0. The number of rotatable bonds is 3. The van der Waals surface area contributed by atoms with Crippen molar-refractivity contribution in [2.45, 2.75) is 6.61 Å². The first-order valence-corrected chi connectivity index (χ1v) is 5.42. The van der Waals surface area contributed by atoms with Crippen LogP contribution in [-0.4, -0.2) is 4.98 Å². The molecule has 17 heavy (non-hydrogen) atoms. The van der Waals surface area contributed by atoms with E-state index in [0.29, 0.717) is 12.5 Å². The first-order valence-electron chi connectivity index (χ1n) is 5.42. The van der Waals surface area contributed by atoms with Gasteiger partial charge >= 0.3 is 0 Å². The molecular weight excluding hydrogens is 214 g/mol. The molecule has 0 atom stereocenters. The Labute approximate surface area is 98.7 Å². The molecule has 0 saturated heterocycles. The Hall–Kier alpha value is -2.29. The van der Waals surface area contributed by atoms with Crippen LogP contribution in [0.5, 0.6) is 5.88 Å². The molecule has 3 nitrogen and oxygen atoms in total. The maximum Gasteiger partial charge on any atom is 0.224 e. The van der Waals surface area contributed by atoms with Crippen molar-refractivity contribution in [2.75, 3.05) is 0 Å². The minimum absolute atomic E-state index is 0.512. The van der Waals surface area contributed by atoms with E-state index in [2.05, 4.69) is 4.98 Å². The van der Waals surface area contributed by atoms with Crippen LogP contribution in [0.4, 0.5) is 0 Å². The maximum absolute atomic E-state index is 5.69. The fraction of sp³-hybridized carbons (Fsp3) is 0.0714. The van der Waals surface area contributed by atoms with Crippen molar-refractivity contribution in [1.29, 1.82) is 0 Å². The molecule has 0 spiro atoms. The maximum atomic E-state index is 5.69. The Balaban J connectivity index is 1.84. The second-order valence-corrected chi connectivity index (χ2v) is 3.72. The average molecular weight is 225 g/mol. The monoisotopic (exact) mass is 225 g/mol. The highest BCUT2D eigenvalue weighted by atomic mass is 16.5. The van der Waals surface area contributed by atoms with Gasteiger partial charge in [-0.05, 0) is 17.7 Å². The van der Waals surface area contributed by atoms with Crippen molar-refractivity contribution < 1.29 is 9.15 Å². The van der Waals surface area contributed by atoms with Gasteiger partial charge < -0.3 is 9.15 Å². The predicted molar refractivity (Wildman–Crippen MR) is 64.8 cm³/mol. The van der Waals surface area contributed by atoms with Crippen molar-refractivity contribution in [2.24, 2.45) is 0 Å². The van der Waals surface area contributed by atoms with E-state index in [1.807, 2.05) is 42.5 Å². The summed E-state index contributed by atoms with van der Waals surface area (Å²) in [6.07, 6.45) is 3.33. The molecule has 0 fully saturated rings. The van der Waals surface area contributed by atoms with E-state index in [-0.39, 0.29) is 0 Å². The van der Waals surface area contributed by atoms with Crippen molar-refractivity contribution in [3.63, 3.8) is 0 Å². The lowest BCUT2D eigenvalue weighted by atomic mass is 10.2. The van der Waals surface area contributed by atoms with Crippen molar-refractivity contribution >= 4 is 11.0 Å². The van der Waals surface area contributed by atoms with Gasteiger partial charge in [-0.1, -0.05) is 30.3 Å². The van der Waals surface area contributed by atoms with Crippen LogP contribution in [-0.2, 0) is 6.61 Å². The lowest BCUT2D eigenvalue weighted by Gasteiger charge is -2.05. The quantitative estimate of drug-likeness (QED) is 0.685. The Kier molecular flexibility index (Phi) is 2.50. The average Bonchev–Trinajstić information content (AvgIpc) is 2.86. The van der Waals surface area contributed by atoms with Crippen LogP contribution >= 0.6 is 0 Å². The number of hydrogen-bond acceptors (Lipinski definition) is 3. The zero-order chi connectivity index (χ0) is 11.5. The molecule has 2 aromatic heterocycles. The van der Waals surface area contributed by atoms with Crippen LogP contribution in [0.15, 0.2) is 59.3 Å². The molecule has 0 aliphatic rings. The lowest BCUT2D eigenvalue weighted by molar-refractivity contribution is 0.298. The van der Waals surface area contributed by atoms with Gasteiger partial charge in [0.25, 0.3) is 0 Å². The van der Waals surface area contributed by atoms with Crippen LogP contribution in [0.2, 0.25) is 0 Å². The number of fused-ring (bicyclic) bond motifs is 1. The minimum Gasteiger partial charge on any atom is -0.472 e. The number of pyridine rings is 1. The molecule has 0 radical (unpaired) electrons. The lowest BCUT2D eigenvalue weighted by Crippen LogP contribution is -1.96. The highest BCUT2D eigenvalue weighted by Gasteiger charge is 2.05. The molecule has 0 aliphatic heterocycles. The largest absolute Gasteiger partial charge is 0.472 e. The summed E-state index contributed by atoms with van der Waals surface area (Å²) in [5.41, 5.74) is 1.91. The van der Waals surface area contributed by atoms with Crippen LogP contribution in [0.1, 0.15) is 5.56 Å². The second kappa shape index (κ2) is 4.29. The third kappa shape index (κ3) is 1.99. The molecule has 3 rings (SSSR count). The molecule has 2 heterocycles. The summed E-state index contributed by atoms with van der Waals surface area (Å²) in [5.74, 6) is 0.611. The number of benzene rings is 1. The molecule has 0 bridgehead atoms. The minimum atomic E-state index is 0.512. The standard InChI is InChI=1S/C14H11NO2/c1-2-4-11(5-3-1)10-17-14-12-7-9-16-13(12)6-8-15-14/h1-9H,10H2. The van der Waals surface area contributed by atoms with Gasteiger partial charge in [0.1, 0.15) is 12.2 Å². The molecular formula is C14H11NO2. The van der Waals surface area contributed by atoms with E-state index in [0.717, 1.165) is 16.5 Å². The van der Waals surface area contributed by atoms with Gasteiger partial charge in [-0.25, -0.2) is 4.98 Å². The molecule has 3 heteroatoms. The molecule has 84 valence electrons. The van der Waals surface area contributed by atoms with E-state index >= 15 is 0 Å². The third-order valence-electron chi connectivity index (χ3n) is 2.56. The van der Waals surface area contributed by atoms with E-state index in [4.69, 9.17) is 9.15 Å². The fourth-order valence-electron chi connectivity index (χ4n) is 1.71. The van der Waals surface area contributed by atoms with Crippen molar-refractivity contribution in [3.8, 4) is 5.88 Å². The topological polar surface area (TPSA) is 35.3 Å². The van der Waals surface area contributed by atoms with E-state index < -0.39 is 0 Å². The predicted octanol–water partition coefficient (Wildman–Crippen LogP) is 3.41. The summed E-state index contributed by atoms with van der Waals surface area (Å²) in [6.45, 7) is 0.512. The van der Waals surface area contributed by atoms with E-state index in [1.54, 1.807) is 12.5 Å². The van der Waals surface area contributed by atoms with Crippen LogP contribution in [0.3, 0.4) is 0 Å². The molecule has 0 unspecified atom stereocenters. The highest BCUT2D eigenvalue weighted by Crippen LogP contribution is 2.24. The zero-order valence-electron chi connectivity index (χ0n) is 9.17. The first kappa shape index (κ1) is 9.90. The van der Waals surface area contributed by atoms with E-state index in [1.165, 1.54) is 0 Å². The van der Waals surface area contributed by atoms with Gasteiger partial charge in [0.05, 0.1) is 11.6 Å². The molecule has 0 N–H and O–H groups in total. The van der Waals surface area contributed by atoms with Crippen LogP contribution in [0, 0.1) is 0 Å². The van der Waals surface area contributed by atoms with Gasteiger partial charge in [0, 0.05) is 6.20 Å². The Morgan fingerprint density at radius 1 is 1.06 bits per heavy atom. The summed E-state index contributed by atoms with van der Waals surface area (Å²) in [5, 5.41) is 0.906. The summed E-state index contributed by atoms with van der Waals surface area (Å²) in [7, 11) is 0. The Morgan fingerprint density at radius 3 is 2.82 bits per heavy atom. The molecule has 1 aromatic carbocycles. The van der Waals surface area contributed by atoms with Crippen molar-refractivity contribution in [1.82, 2.24) is 4.98 Å². The molecule has 3 aromatic rings. The highest BCUT2D eigenvalue weighted by molar-refractivity contribution is 5.81. The SMILES string of the molecule is c1ccc(COc2nccc3occc23)cc1. The number of aromatic nitrogens is 1. The third-order valence-corrected chi connectivity index (χ3v) is 2.56. The first-order chi connectivity index (χ1) is 8.43. The molecule has 0 aliphatic carbocycles. The number of furan rings is 1. The van der Waals surface area contributed by atoms with Crippen molar-refractivity contribution in [3.05, 3.63) is 60.5 Å². The number of nitrogens with zero attached hydrogens (tertiary/aromatic N) is 1. The Morgan fingerprint density at radius 2 is 1.94 bits per heavy atom.